The lowest BCUT2D eigenvalue weighted by atomic mass is 9.77. The Labute approximate surface area is 195 Å². The third-order valence-corrected chi connectivity index (χ3v) is 9.50. The van der Waals surface area contributed by atoms with Crippen molar-refractivity contribution >= 4 is 34.0 Å². The van der Waals surface area contributed by atoms with Gasteiger partial charge >= 0.3 is 0 Å². The molecule has 9 heteroatoms. The molecule has 2 aromatic rings. The normalized spacial score (nSPS) is 30.1. The van der Waals surface area contributed by atoms with Crippen LogP contribution in [0, 0.1) is 0 Å². The summed E-state index contributed by atoms with van der Waals surface area (Å²) in [5.41, 5.74) is 0.829. The fourth-order valence-electron chi connectivity index (χ4n) is 6.00. The fraction of sp³-hybridized carbons (Fsp3) is 0.609. The number of aromatic nitrogens is 3. The van der Waals surface area contributed by atoms with Gasteiger partial charge in [0.05, 0.1) is 32.9 Å². The lowest BCUT2D eigenvalue weighted by Crippen LogP contribution is -2.49. The molecule has 2 N–H and O–H groups in total. The largest absolute Gasteiger partial charge is 0.394 e. The molecule has 0 amide bonds. The van der Waals surface area contributed by atoms with Gasteiger partial charge in [-0.25, -0.2) is 15.0 Å². The molecule has 2 aromatic heterocycles. The maximum absolute atomic E-state index is 12.8. The van der Waals surface area contributed by atoms with E-state index in [2.05, 4.69) is 26.3 Å². The highest BCUT2D eigenvalue weighted by atomic mass is 35.5. The van der Waals surface area contributed by atoms with Crippen LogP contribution in [0.2, 0.25) is 5.02 Å². The number of aliphatic hydroxyl groups is 1. The van der Waals surface area contributed by atoms with Crippen molar-refractivity contribution in [3.8, 4) is 0 Å². The minimum atomic E-state index is -1.02. The predicted molar refractivity (Wildman–Crippen MR) is 125 cm³/mol. The number of nitrogens with one attached hydrogen (secondary N) is 1. The number of rotatable bonds is 5. The molecule has 1 saturated carbocycles. The second-order valence-electron chi connectivity index (χ2n) is 9.75. The van der Waals surface area contributed by atoms with E-state index in [1.807, 2.05) is 0 Å². The van der Waals surface area contributed by atoms with Crippen LogP contribution in [0.25, 0.3) is 0 Å². The minimum Gasteiger partial charge on any atom is -0.394 e. The van der Waals surface area contributed by atoms with Crippen LogP contribution in [0.4, 0.5) is 11.6 Å². The van der Waals surface area contributed by atoms with E-state index in [4.69, 9.17) is 16.6 Å². The van der Waals surface area contributed by atoms with Gasteiger partial charge in [0.2, 0.25) is 0 Å². The van der Waals surface area contributed by atoms with Gasteiger partial charge in [-0.15, -0.1) is 0 Å². The zero-order valence-corrected chi connectivity index (χ0v) is 19.5. The summed E-state index contributed by atoms with van der Waals surface area (Å²) < 4.78 is 12.8. The van der Waals surface area contributed by atoms with Gasteiger partial charge in [-0.1, -0.05) is 11.6 Å². The molecular formula is C23H28ClN5O2S. The molecule has 2 saturated heterocycles. The number of halogens is 1. The van der Waals surface area contributed by atoms with E-state index < -0.39 is 10.8 Å². The number of hydrogen-bond donors (Lipinski definition) is 2. The Morgan fingerprint density at radius 2 is 1.94 bits per heavy atom. The molecule has 2 unspecified atom stereocenters. The Kier molecular flexibility index (Phi) is 5.15. The minimum absolute atomic E-state index is 0.0814. The zero-order chi connectivity index (χ0) is 21.9. The van der Waals surface area contributed by atoms with Crippen LogP contribution in [-0.2, 0) is 17.2 Å². The molecule has 4 aliphatic rings. The summed E-state index contributed by atoms with van der Waals surface area (Å²) in [6.45, 7) is 0.0814. The number of fused-ring (bicyclic) bond motifs is 3. The Morgan fingerprint density at radius 3 is 2.56 bits per heavy atom. The van der Waals surface area contributed by atoms with Crippen molar-refractivity contribution in [3.63, 3.8) is 0 Å². The second-order valence-corrected chi connectivity index (χ2v) is 11.7. The molecule has 170 valence electrons. The Morgan fingerprint density at radius 1 is 1.22 bits per heavy atom. The summed E-state index contributed by atoms with van der Waals surface area (Å²) in [5.74, 6) is 3.60. The van der Waals surface area contributed by atoms with E-state index in [9.17, 15) is 9.32 Å². The number of pyridine rings is 1. The fourth-order valence-corrected chi connectivity index (χ4v) is 7.48. The van der Waals surface area contributed by atoms with Gasteiger partial charge in [0.25, 0.3) is 0 Å². The molecule has 0 aromatic carbocycles. The highest BCUT2D eigenvalue weighted by Crippen LogP contribution is 2.46. The van der Waals surface area contributed by atoms with Gasteiger partial charge in [-0.2, -0.15) is 0 Å². The standard InChI is InChI=1S/C23H28ClN5O2S/c24-16-11-25-21(26-12-16)15-8-17-2-3-18(9-15)29(17)19-10-14-4-7-32(31)20(14)22(27-19)28-23(13-30)5-1-6-23/h10-12,15,17-18,30H,1-9,13H2,(H,27,28)/t15?,17?,18?,32-/m0/s1. The van der Waals surface area contributed by atoms with Crippen molar-refractivity contribution in [1.29, 1.82) is 0 Å². The molecule has 0 spiro atoms. The van der Waals surface area contributed by atoms with Gasteiger partial charge in [-0.3, -0.25) is 4.21 Å². The van der Waals surface area contributed by atoms with Crippen molar-refractivity contribution < 1.29 is 9.32 Å². The summed E-state index contributed by atoms with van der Waals surface area (Å²) in [4.78, 5) is 17.4. The van der Waals surface area contributed by atoms with Gasteiger partial charge in [0.15, 0.2) is 0 Å². The molecule has 32 heavy (non-hydrogen) atoms. The van der Waals surface area contributed by atoms with E-state index in [-0.39, 0.29) is 12.1 Å². The number of nitrogens with zero attached hydrogens (tertiary/aromatic N) is 4. The Bertz CT molecular complexity index is 1040. The molecule has 1 aliphatic carbocycles. The molecule has 2 bridgehead atoms. The lowest BCUT2D eigenvalue weighted by Gasteiger charge is -2.42. The van der Waals surface area contributed by atoms with Crippen LogP contribution in [0.1, 0.15) is 62.3 Å². The first-order chi connectivity index (χ1) is 15.5. The van der Waals surface area contributed by atoms with Crippen LogP contribution in [0.5, 0.6) is 0 Å². The molecule has 7 nitrogen and oxygen atoms in total. The number of anilines is 2. The highest BCUT2D eigenvalue weighted by molar-refractivity contribution is 7.85. The summed E-state index contributed by atoms with van der Waals surface area (Å²) in [7, 11) is -1.02. The Balaban J connectivity index is 1.31. The number of piperidine rings is 1. The second kappa shape index (κ2) is 7.92. The molecule has 3 atom stereocenters. The van der Waals surface area contributed by atoms with E-state index in [0.29, 0.717) is 28.8 Å². The summed E-state index contributed by atoms with van der Waals surface area (Å²) >= 11 is 5.98. The molecule has 5 heterocycles. The van der Waals surface area contributed by atoms with Crippen LogP contribution < -0.4 is 10.2 Å². The SMILES string of the molecule is O=[S@]1CCc2cc(N3C4CCC3CC(c3ncc(Cl)cn3)C4)nc(NC3(CO)CCC3)c21. The maximum Gasteiger partial charge on any atom is 0.145 e. The van der Waals surface area contributed by atoms with Crippen LogP contribution >= 0.6 is 11.6 Å². The summed E-state index contributed by atoms with van der Waals surface area (Å²) in [6, 6.07) is 2.97. The van der Waals surface area contributed by atoms with Gasteiger partial charge < -0.3 is 15.3 Å². The van der Waals surface area contributed by atoms with Crippen molar-refractivity contribution in [1.82, 2.24) is 15.0 Å². The quantitative estimate of drug-likeness (QED) is 0.687. The van der Waals surface area contributed by atoms with Crippen molar-refractivity contribution in [2.75, 3.05) is 22.6 Å². The average Bonchev–Trinajstić information content (AvgIpc) is 3.27. The van der Waals surface area contributed by atoms with E-state index >= 15 is 0 Å². The first-order valence-electron chi connectivity index (χ1n) is 11.6. The lowest BCUT2D eigenvalue weighted by molar-refractivity contribution is 0.143. The van der Waals surface area contributed by atoms with Gasteiger partial charge in [0, 0.05) is 36.1 Å². The maximum atomic E-state index is 12.8. The van der Waals surface area contributed by atoms with E-state index in [1.54, 1.807) is 12.4 Å². The van der Waals surface area contributed by atoms with Gasteiger partial charge in [-0.05, 0) is 63.0 Å². The highest BCUT2D eigenvalue weighted by Gasteiger charge is 2.44. The van der Waals surface area contributed by atoms with Crippen LogP contribution in [-0.4, -0.2) is 54.2 Å². The molecule has 0 radical (unpaired) electrons. The number of hydrogen-bond acceptors (Lipinski definition) is 7. The Hall–Kier alpha value is -1.77. The first kappa shape index (κ1) is 20.8. The molecular weight excluding hydrogens is 446 g/mol. The third-order valence-electron chi connectivity index (χ3n) is 7.82. The monoisotopic (exact) mass is 473 g/mol. The first-order valence-corrected chi connectivity index (χ1v) is 13.3. The topological polar surface area (TPSA) is 91.2 Å². The number of aryl methyl sites for hydroxylation is 1. The summed E-state index contributed by atoms with van der Waals surface area (Å²) in [6.07, 6.45) is 11.4. The third kappa shape index (κ3) is 3.42. The zero-order valence-electron chi connectivity index (χ0n) is 18.0. The van der Waals surface area contributed by atoms with Crippen LogP contribution in [0.3, 0.4) is 0 Å². The number of aliphatic hydroxyl groups excluding tert-OH is 1. The molecule has 6 rings (SSSR count). The molecule has 3 aliphatic heterocycles. The molecule has 3 fully saturated rings. The smallest absolute Gasteiger partial charge is 0.145 e. The van der Waals surface area contributed by atoms with Crippen molar-refractivity contribution in [2.24, 2.45) is 0 Å². The van der Waals surface area contributed by atoms with E-state index in [1.165, 1.54) is 0 Å². The van der Waals surface area contributed by atoms with Crippen LogP contribution in [0.15, 0.2) is 23.4 Å². The van der Waals surface area contributed by atoms with Crippen molar-refractivity contribution in [3.05, 3.63) is 34.9 Å². The predicted octanol–water partition coefficient (Wildman–Crippen LogP) is 3.43. The van der Waals surface area contributed by atoms with Crippen molar-refractivity contribution in [2.45, 2.75) is 79.8 Å². The van der Waals surface area contributed by atoms with Gasteiger partial charge in [0.1, 0.15) is 17.5 Å². The van der Waals surface area contributed by atoms with E-state index in [0.717, 1.165) is 79.3 Å². The average molecular weight is 474 g/mol. The summed E-state index contributed by atoms with van der Waals surface area (Å²) in [5, 5.41) is 14.1.